The fraction of sp³-hybridized carbons (Fsp3) is 0.0952. The van der Waals surface area contributed by atoms with Crippen molar-refractivity contribution < 1.29 is 27.8 Å². The number of non-ortho nitro benzene ring substituents is 2. The Kier molecular flexibility index (Phi) is 7.06. The topological polar surface area (TPSA) is 171 Å². The highest BCUT2D eigenvalue weighted by Crippen LogP contribution is 2.30. The molecule has 0 aliphatic rings. The van der Waals surface area contributed by atoms with Gasteiger partial charge in [0.1, 0.15) is 5.75 Å². The van der Waals surface area contributed by atoms with Gasteiger partial charge >= 0.3 is 0 Å². The van der Waals surface area contributed by atoms with Crippen LogP contribution >= 0.6 is 0 Å². The van der Waals surface area contributed by atoms with E-state index in [0.717, 1.165) is 6.07 Å². The molecule has 0 unspecified atom stereocenters. The van der Waals surface area contributed by atoms with Gasteiger partial charge in [-0.05, 0) is 35.9 Å². The molecule has 176 valence electrons. The van der Waals surface area contributed by atoms with Gasteiger partial charge in [0, 0.05) is 36.4 Å². The van der Waals surface area contributed by atoms with E-state index in [1.807, 2.05) is 0 Å². The monoisotopic (exact) mass is 486 g/mol. The predicted molar refractivity (Wildman–Crippen MR) is 121 cm³/mol. The third kappa shape index (κ3) is 5.63. The molecule has 12 nitrogen and oxygen atoms in total. The summed E-state index contributed by atoms with van der Waals surface area (Å²) in [6, 6.07) is 14.2. The van der Waals surface area contributed by atoms with Gasteiger partial charge in [-0.3, -0.25) is 29.7 Å². The summed E-state index contributed by atoms with van der Waals surface area (Å²) in [5, 5.41) is 24.3. The van der Waals surface area contributed by atoms with Gasteiger partial charge in [0.25, 0.3) is 27.3 Å². The summed E-state index contributed by atoms with van der Waals surface area (Å²) in [6.07, 6.45) is 0. The zero-order valence-corrected chi connectivity index (χ0v) is 18.4. The van der Waals surface area contributed by atoms with Crippen molar-refractivity contribution in [3.63, 3.8) is 0 Å². The molecule has 13 heteroatoms. The van der Waals surface area contributed by atoms with Crippen LogP contribution in [0.25, 0.3) is 0 Å². The Bertz CT molecular complexity index is 1340. The van der Waals surface area contributed by atoms with E-state index in [1.165, 1.54) is 67.8 Å². The molecule has 0 aliphatic heterocycles. The van der Waals surface area contributed by atoms with E-state index in [-0.39, 0.29) is 39.8 Å². The maximum Gasteiger partial charge on any atom is 0.271 e. The van der Waals surface area contributed by atoms with Crippen LogP contribution in [0.1, 0.15) is 15.9 Å². The first-order valence-electron chi connectivity index (χ1n) is 9.57. The third-order valence-corrected chi connectivity index (χ3v) is 6.05. The SMILES string of the molecule is COc1ccc([N+](=O)[O-])cc1NS(=O)(=O)c1ccc(C(=O)NCc2ccc([N+](=O)[O-])cc2)cc1. The van der Waals surface area contributed by atoms with E-state index >= 15 is 0 Å². The molecule has 0 spiro atoms. The van der Waals surface area contributed by atoms with Gasteiger partial charge in [-0.2, -0.15) is 0 Å². The second-order valence-electron chi connectivity index (χ2n) is 6.88. The first-order valence-corrected chi connectivity index (χ1v) is 11.1. The zero-order valence-electron chi connectivity index (χ0n) is 17.6. The summed E-state index contributed by atoms with van der Waals surface area (Å²) < 4.78 is 32.8. The van der Waals surface area contributed by atoms with Gasteiger partial charge in [-0.1, -0.05) is 12.1 Å². The Morgan fingerprint density at radius 3 is 2.06 bits per heavy atom. The van der Waals surface area contributed by atoms with Crippen molar-refractivity contribution in [3.05, 3.63) is 98.1 Å². The van der Waals surface area contributed by atoms with Crippen molar-refractivity contribution in [3.8, 4) is 5.75 Å². The van der Waals surface area contributed by atoms with Crippen molar-refractivity contribution in [2.45, 2.75) is 11.4 Å². The van der Waals surface area contributed by atoms with E-state index in [2.05, 4.69) is 10.0 Å². The summed E-state index contributed by atoms with van der Waals surface area (Å²) in [4.78, 5) is 32.7. The van der Waals surface area contributed by atoms with Gasteiger partial charge in [0.2, 0.25) is 0 Å². The first-order chi connectivity index (χ1) is 16.1. The van der Waals surface area contributed by atoms with Crippen LogP contribution in [-0.4, -0.2) is 31.3 Å². The second-order valence-corrected chi connectivity index (χ2v) is 8.56. The molecule has 0 bridgehead atoms. The van der Waals surface area contributed by atoms with E-state index in [0.29, 0.717) is 5.56 Å². The second kappa shape index (κ2) is 9.95. The smallest absolute Gasteiger partial charge is 0.271 e. The number of methoxy groups -OCH3 is 1. The minimum atomic E-state index is -4.14. The van der Waals surface area contributed by atoms with Crippen LogP contribution in [0.15, 0.2) is 71.6 Å². The van der Waals surface area contributed by atoms with E-state index in [9.17, 15) is 33.4 Å². The number of amides is 1. The number of anilines is 1. The number of rotatable bonds is 9. The quantitative estimate of drug-likeness (QED) is 0.343. The number of carbonyl (C=O) groups is 1. The molecule has 0 atom stereocenters. The van der Waals surface area contributed by atoms with Crippen LogP contribution in [0.3, 0.4) is 0 Å². The number of nitro benzene ring substituents is 2. The standard InChI is InChI=1S/C21H18N4O8S/c1-33-20-11-8-17(25(29)30)12-19(20)23-34(31,32)18-9-4-15(5-10-18)21(26)22-13-14-2-6-16(7-3-14)24(27)28/h2-12,23H,13H2,1H3,(H,22,26). The lowest BCUT2D eigenvalue weighted by Crippen LogP contribution is -2.23. The molecule has 0 saturated heterocycles. The lowest BCUT2D eigenvalue weighted by atomic mass is 10.2. The maximum atomic E-state index is 12.7. The Balaban J connectivity index is 1.70. The highest BCUT2D eigenvalue weighted by Gasteiger charge is 2.20. The summed E-state index contributed by atoms with van der Waals surface area (Å²) in [7, 11) is -2.84. The molecule has 0 aromatic heterocycles. The molecule has 0 fully saturated rings. The highest BCUT2D eigenvalue weighted by molar-refractivity contribution is 7.92. The minimum Gasteiger partial charge on any atom is -0.495 e. The lowest BCUT2D eigenvalue weighted by molar-refractivity contribution is -0.385. The van der Waals surface area contributed by atoms with E-state index in [4.69, 9.17) is 4.74 Å². The fourth-order valence-corrected chi connectivity index (χ4v) is 3.96. The summed E-state index contributed by atoms with van der Waals surface area (Å²) in [5.41, 5.74) is 0.338. The summed E-state index contributed by atoms with van der Waals surface area (Å²) >= 11 is 0. The molecule has 3 aromatic carbocycles. The van der Waals surface area contributed by atoms with Crippen LogP contribution in [0.5, 0.6) is 5.75 Å². The third-order valence-electron chi connectivity index (χ3n) is 4.67. The molecule has 1 amide bonds. The summed E-state index contributed by atoms with van der Waals surface area (Å²) in [5.74, 6) is -0.382. The average molecular weight is 486 g/mol. The molecule has 0 heterocycles. The molecule has 0 radical (unpaired) electrons. The van der Waals surface area contributed by atoms with E-state index < -0.39 is 25.8 Å². The molecule has 3 aromatic rings. The average Bonchev–Trinajstić information content (AvgIpc) is 2.82. The largest absolute Gasteiger partial charge is 0.495 e. The molecule has 2 N–H and O–H groups in total. The Morgan fingerprint density at radius 2 is 1.50 bits per heavy atom. The summed E-state index contributed by atoms with van der Waals surface area (Å²) in [6.45, 7) is 0.116. The van der Waals surface area contributed by atoms with Crippen LogP contribution in [-0.2, 0) is 16.6 Å². The number of sulfonamides is 1. The zero-order chi connectivity index (χ0) is 24.9. The van der Waals surface area contributed by atoms with Crippen LogP contribution in [0.4, 0.5) is 17.1 Å². The molecule has 0 aliphatic carbocycles. The van der Waals surface area contributed by atoms with Crippen LogP contribution in [0.2, 0.25) is 0 Å². The Hall–Kier alpha value is -4.52. The number of nitrogens with zero attached hydrogens (tertiary/aromatic N) is 2. The molecule has 34 heavy (non-hydrogen) atoms. The maximum absolute atomic E-state index is 12.7. The number of hydrogen-bond acceptors (Lipinski definition) is 8. The number of hydrogen-bond donors (Lipinski definition) is 2. The van der Waals surface area contributed by atoms with Gasteiger partial charge in [-0.15, -0.1) is 0 Å². The van der Waals surface area contributed by atoms with Gasteiger partial charge in [-0.25, -0.2) is 8.42 Å². The highest BCUT2D eigenvalue weighted by atomic mass is 32.2. The molecule has 3 rings (SSSR count). The fourth-order valence-electron chi connectivity index (χ4n) is 2.90. The van der Waals surface area contributed by atoms with Gasteiger partial charge in [0.15, 0.2) is 0 Å². The van der Waals surface area contributed by atoms with Crippen LogP contribution in [0, 0.1) is 20.2 Å². The number of ether oxygens (including phenoxy) is 1. The van der Waals surface area contributed by atoms with Crippen molar-refractivity contribution in [1.29, 1.82) is 0 Å². The van der Waals surface area contributed by atoms with E-state index in [1.54, 1.807) is 0 Å². The van der Waals surface area contributed by atoms with Crippen LogP contribution < -0.4 is 14.8 Å². The number of nitro groups is 2. The van der Waals surface area contributed by atoms with Crippen molar-refractivity contribution in [2.75, 3.05) is 11.8 Å². The van der Waals surface area contributed by atoms with Gasteiger partial charge in [0.05, 0.1) is 27.5 Å². The van der Waals surface area contributed by atoms with Crippen molar-refractivity contribution in [2.24, 2.45) is 0 Å². The van der Waals surface area contributed by atoms with Crippen molar-refractivity contribution >= 4 is 33.0 Å². The molecule has 0 saturated carbocycles. The Labute approximate surface area is 193 Å². The normalized spacial score (nSPS) is 10.9. The number of carbonyl (C=O) groups excluding carboxylic acids is 1. The predicted octanol–water partition coefficient (Wildman–Crippen LogP) is 3.24. The van der Waals surface area contributed by atoms with Gasteiger partial charge < -0.3 is 10.1 Å². The number of nitrogens with one attached hydrogen (secondary N) is 2. The molecular weight excluding hydrogens is 468 g/mol. The first kappa shape index (κ1) is 24.1. The van der Waals surface area contributed by atoms with Crippen molar-refractivity contribution in [1.82, 2.24) is 5.32 Å². The number of benzene rings is 3. The lowest BCUT2D eigenvalue weighted by Gasteiger charge is -2.12. The molecular formula is C21H18N4O8S. The Morgan fingerprint density at radius 1 is 0.912 bits per heavy atom. The minimum absolute atomic E-state index is 0.0665.